The molecule has 7 nitrogen and oxygen atoms in total. The molecule has 34 heavy (non-hydrogen) atoms. The van der Waals surface area contributed by atoms with Gasteiger partial charge in [0.1, 0.15) is 5.65 Å². The Balaban J connectivity index is 1.47. The molecule has 0 aromatic carbocycles. The second kappa shape index (κ2) is 8.87. The summed E-state index contributed by atoms with van der Waals surface area (Å²) in [7, 11) is 1.80. The van der Waals surface area contributed by atoms with Crippen LogP contribution in [0.4, 0.5) is 0 Å². The van der Waals surface area contributed by atoms with Crippen LogP contribution in [-0.4, -0.2) is 37.3 Å². The summed E-state index contributed by atoms with van der Waals surface area (Å²) in [4.78, 5) is 26.3. The van der Waals surface area contributed by atoms with E-state index in [1.807, 2.05) is 33.8 Å². The minimum absolute atomic E-state index is 0.0338. The van der Waals surface area contributed by atoms with Gasteiger partial charge >= 0.3 is 5.69 Å². The van der Waals surface area contributed by atoms with Crippen molar-refractivity contribution in [1.82, 2.24) is 24.1 Å². The lowest BCUT2D eigenvalue weighted by Gasteiger charge is -2.28. The Bertz CT molecular complexity index is 1430. The number of H-pyrrole nitrogens is 1. The predicted molar refractivity (Wildman–Crippen MR) is 135 cm³/mol. The van der Waals surface area contributed by atoms with E-state index in [0.29, 0.717) is 12.5 Å². The van der Waals surface area contributed by atoms with E-state index >= 15 is 0 Å². The number of aromatic nitrogens is 5. The smallest absolute Gasteiger partial charge is 0.334 e. The van der Waals surface area contributed by atoms with Crippen LogP contribution in [0, 0.1) is 5.92 Å². The fourth-order valence-corrected chi connectivity index (χ4v) is 5.73. The summed E-state index contributed by atoms with van der Waals surface area (Å²) in [6.45, 7) is 0.704. The number of imidazole rings is 1. The Kier molecular flexibility index (Phi) is 5.57. The summed E-state index contributed by atoms with van der Waals surface area (Å²) in [6, 6.07) is 6.26. The molecule has 2 aliphatic rings. The molecule has 6 rings (SSSR count). The van der Waals surface area contributed by atoms with E-state index in [9.17, 15) is 4.79 Å². The number of nitrogens with zero attached hydrogens (tertiary/aromatic N) is 4. The van der Waals surface area contributed by atoms with Crippen molar-refractivity contribution in [2.75, 3.05) is 7.11 Å². The minimum Gasteiger partial charge on any atom is -0.381 e. The van der Waals surface area contributed by atoms with Crippen LogP contribution in [0.5, 0.6) is 0 Å². The summed E-state index contributed by atoms with van der Waals surface area (Å²) in [5.74, 6) is 0.428. The lowest BCUT2D eigenvalue weighted by molar-refractivity contribution is 0.0472. The summed E-state index contributed by atoms with van der Waals surface area (Å²) < 4.78 is 9.49. The monoisotopic (exact) mass is 457 g/mol. The maximum Gasteiger partial charge on any atom is 0.334 e. The molecule has 7 heteroatoms. The van der Waals surface area contributed by atoms with Gasteiger partial charge in [0.15, 0.2) is 5.65 Å². The summed E-state index contributed by atoms with van der Waals surface area (Å²) in [6.07, 6.45) is 16.8. The lowest BCUT2D eigenvalue weighted by atomic mass is 9.87. The zero-order valence-electron chi connectivity index (χ0n) is 19.7. The topological polar surface area (TPSA) is 77.7 Å². The predicted octanol–water partition coefficient (Wildman–Crippen LogP) is 5.36. The number of fused-ring (bicyclic) bond motifs is 2. The zero-order valence-corrected chi connectivity index (χ0v) is 19.7. The Morgan fingerprint density at radius 2 is 2.00 bits per heavy atom. The largest absolute Gasteiger partial charge is 0.381 e. The number of hydrogen-bond acceptors (Lipinski definition) is 4. The van der Waals surface area contributed by atoms with Gasteiger partial charge in [-0.2, -0.15) is 0 Å². The molecule has 1 N–H and O–H groups in total. The van der Waals surface area contributed by atoms with Crippen LogP contribution in [0.2, 0.25) is 0 Å². The molecule has 0 bridgehead atoms. The van der Waals surface area contributed by atoms with E-state index in [1.54, 1.807) is 7.11 Å². The number of methoxy groups -OCH3 is 1. The van der Waals surface area contributed by atoms with Gasteiger partial charge < -0.3 is 9.72 Å². The van der Waals surface area contributed by atoms with Crippen molar-refractivity contribution in [1.29, 1.82) is 0 Å². The second-order valence-corrected chi connectivity index (χ2v) is 9.77. The maximum atomic E-state index is 13.8. The van der Waals surface area contributed by atoms with Gasteiger partial charge in [0, 0.05) is 54.5 Å². The third-order valence-corrected chi connectivity index (χ3v) is 7.57. The van der Waals surface area contributed by atoms with E-state index in [4.69, 9.17) is 9.72 Å². The molecule has 1 fully saturated rings. The van der Waals surface area contributed by atoms with Gasteiger partial charge in [-0.15, -0.1) is 0 Å². The lowest BCUT2D eigenvalue weighted by Crippen LogP contribution is -2.30. The SMILES string of the molecule is CO[C@H]1CCC[C@H](Cn2c(=O)n(C3=CCCCC3)c3ncc(-c4cnc5[nH]ccc5c4)cc32)C1. The summed E-state index contributed by atoms with van der Waals surface area (Å²) >= 11 is 0. The number of allylic oxidation sites excluding steroid dienone is 2. The highest BCUT2D eigenvalue weighted by molar-refractivity contribution is 5.85. The van der Waals surface area contributed by atoms with Crippen LogP contribution >= 0.6 is 0 Å². The van der Waals surface area contributed by atoms with E-state index in [-0.39, 0.29) is 11.8 Å². The minimum atomic E-state index is 0.0338. The van der Waals surface area contributed by atoms with Crippen LogP contribution < -0.4 is 5.69 Å². The quantitative estimate of drug-likeness (QED) is 0.438. The molecule has 0 unspecified atom stereocenters. The third kappa shape index (κ3) is 3.78. The van der Waals surface area contributed by atoms with Crippen LogP contribution in [-0.2, 0) is 11.3 Å². The first kappa shape index (κ1) is 21.4. The van der Waals surface area contributed by atoms with Crippen molar-refractivity contribution < 1.29 is 4.74 Å². The molecule has 4 aromatic rings. The first-order chi connectivity index (χ1) is 16.7. The van der Waals surface area contributed by atoms with Gasteiger partial charge in [-0.05, 0) is 69.1 Å². The summed E-state index contributed by atoms with van der Waals surface area (Å²) in [5, 5.41) is 1.06. The Morgan fingerprint density at radius 1 is 1.12 bits per heavy atom. The molecule has 2 atom stereocenters. The standard InChI is InChI=1S/C27H31N5O2/c1-34-23-9-5-6-18(12-23)17-31-24-14-21(20-13-19-10-11-28-25(19)29-15-20)16-30-26(24)32(27(31)33)22-7-3-2-4-8-22/h7,10-11,13-16,18,23H,2-6,8-9,12,17H2,1H3,(H,28,29)/t18-,23-/m0/s1. The second-order valence-electron chi connectivity index (χ2n) is 9.77. The molecular formula is C27H31N5O2. The Hall–Kier alpha value is -3.19. The molecule has 4 aromatic heterocycles. The first-order valence-corrected chi connectivity index (χ1v) is 12.5. The molecule has 0 aliphatic heterocycles. The van der Waals surface area contributed by atoms with E-state index < -0.39 is 0 Å². The zero-order chi connectivity index (χ0) is 23.1. The average molecular weight is 458 g/mol. The number of aromatic amines is 1. The highest BCUT2D eigenvalue weighted by Gasteiger charge is 2.26. The average Bonchev–Trinajstić information content (AvgIpc) is 3.46. The van der Waals surface area contributed by atoms with E-state index in [1.165, 1.54) is 6.42 Å². The fraction of sp³-hybridized carbons (Fsp3) is 0.444. The van der Waals surface area contributed by atoms with E-state index in [0.717, 1.165) is 84.0 Å². The normalized spacial score (nSPS) is 21.3. The number of ether oxygens (including phenoxy) is 1. The van der Waals surface area contributed by atoms with Gasteiger partial charge in [0.25, 0.3) is 0 Å². The number of hydrogen-bond donors (Lipinski definition) is 1. The van der Waals surface area contributed by atoms with E-state index in [2.05, 4.69) is 28.2 Å². The van der Waals surface area contributed by atoms with Gasteiger partial charge in [0.05, 0.1) is 11.6 Å². The van der Waals surface area contributed by atoms with Crippen LogP contribution in [0.15, 0.2) is 47.7 Å². The third-order valence-electron chi connectivity index (χ3n) is 7.57. The molecule has 176 valence electrons. The molecule has 2 aliphatic carbocycles. The Labute approximate surface area is 198 Å². The van der Waals surface area contributed by atoms with Crippen LogP contribution in [0.25, 0.3) is 39.0 Å². The highest BCUT2D eigenvalue weighted by atomic mass is 16.5. The van der Waals surface area contributed by atoms with Crippen molar-refractivity contribution in [3.05, 3.63) is 53.3 Å². The van der Waals surface area contributed by atoms with Crippen molar-refractivity contribution in [3.63, 3.8) is 0 Å². The van der Waals surface area contributed by atoms with Crippen molar-refractivity contribution in [3.8, 4) is 11.1 Å². The Morgan fingerprint density at radius 3 is 2.85 bits per heavy atom. The molecular weight excluding hydrogens is 426 g/mol. The van der Waals surface area contributed by atoms with Crippen molar-refractivity contribution >= 4 is 27.9 Å². The van der Waals surface area contributed by atoms with Gasteiger partial charge in [-0.1, -0.05) is 12.5 Å². The first-order valence-electron chi connectivity index (χ1n) is 12.5. The molecule has 0 radical (unpaired) electrons. The number of pyridine rings is 2. The molecule has 0 saturated heterocycles. The van der Waals surface area contributed by atoms with Crippen molar-refractivity contribution in [2.24, 2.45) is 5.92 Å². The molecule has 0 amide bonds. The molecule has 4 heterocycles. The van der Waals surface area contributed by atoms with Crippen LogP contribution in [0.3, 0.4) is 0 Å². The number of nitrogens with one attached hydrogen (secondary N) is 1. The van der Waals surface area contributed by atoms with Gasteiger partial charge in [-0.25, -0.2) is 19.3 Å². The van der Waals surface area contributed by atoms with Gasteiger partial charge in [-0.3, -0.25) is 4.57 Å². The van der Waals surface area contributed by atoms with Crippen molar-refractivity contribution in [2.45, 2.75) is 64.0 Å². The number of rotatable bonds is 5. The molecule has 0 spiro atoms. The van der Waals surface area contributed by atoms with Gasteiger partial charge in [0.2, 0.25) is 0 Å². The maximum absolute atomic E-state index is 13.8. The highest BCUT2D eigenvalue weighted by Crippen LogP contribution is 2.31. The fourth-order valence-electron chi connectivity index (χ4n) is 5.73. The van der Waals surface area contributed by atoms with Crippen LogP contribution in [0.1, 0.15) is 51.4 Å². The molecule has 1 saturated carbocycles. The summed E-state index contributed by atoms with van der Waals surface area (Å²) in [5.41, 5.74) is 5.64.